The zero-order valence-electron chi connectivity index (χ0n) is 17.5. The SMILES string of the molecule is CC(C)(C)OC(=O)Nc1ccc(F)cc1NC(=O)c1ccc(NC(=O)NC2CC2)cc1. The van der Waals surface area contributed by atoms with Gasteiger partial charge >= 0.3 is 12.1 Å². The van der Waals surface area contributed by atoms with Crippen molar-refractivity contribution in [1.29, 1.82) is 0 Å². The first kappa shape index (κ1) is 22.1. The van der Waals surface area contributed by atoms with Gasteiger partial charge in [-0.1, -0.05) is 0 Å². The lowest BCUT2D eigenvalue weighted by Crippen LogP contribution is -2.30. The number of nitrogens with one attached hydrogen (secondary N) is 4. The van der Waals surface area contributed by atoms with Crippen LogP contribution < -0.4 is 21.3 Å². The summed E-state index contributed by atoms with van der Waals surface area (Å²) in [5.74, 6) is -1.09. The molecule has 3 rings (SSSR count). The second-order valence-corrected chi connectivity index (χ2v) is 8.22. The first-order chi connectivity index (χ1) is 14.6. The molecule has 0 heterocycles. The van der Waals surface area contributed by atoms with Crippen molar-refractivity contribution in [1.82, 2.24) is 5.32 Å². The zero-order chi connectivity index (χ0) is 22.6. The van der Waals surface area contributed by atoms with Crippen LogP contribution in [-0.4, -0.2) is 29.7 Å². The van der Waals surface area contributed by atoms with Gasteiger partial charge in [-0.05, 0) is 76.1 Å². The standard InChI is InChI=1S/C22H25FN4O4/c1-22(2,3)31-21(30)27-17-11-6-14(23)12-18(17)26-19(28)13-4-7-15(8-5-13)24-20(29)25-16-9-10-16/h4-8,11-12,16H,9-10H2,1-3H3,(H,26,28)(H,27,30)(H2,24,25,29). The number of urea groups is 1. The summed E-state index contributed by atoms with van der Waals surface area (Å²) in [7, 11) is 0. The van der Waals surface area contributed by atoms with E-state index >= 15 is 0 Å². The minimum atomic E-state index is -0.727. The lowest BCUT2D eigenvalue weighted by Gasteiger charge is -2.20. The molecule has 0 spiro atoms. The van der Waals surface area contributed by atoms with E-state index < -0.39 is 23.4 Å². The van der Waals surface area contributed by atoms with E-state index in [1.807, 2.05) is 0 Å². The molecule has 0 bridgehead atoms. The monoisotopic (exact) mass is 428 g/mol. The number of anilines is 3. The summed E-state index contributed by atoms with van der Waals surface area (Å²) in [6.45, 7) is 5.15. The number of carbonyl (C=O) groups excluding carboxylic acids is 3. The van der Waals surface area contributed by atoms with E-state index in [1.54, 1.807) is 32.9 Å². The molecule has 0 aliphatic heterocycles. The highest BCUT2D eigenvalue weighted by Crippen LogP contribution is 2.25. The lowest BCUT2D eigenvalue weighted by molar-refractivity contribution is 0.0635. The highest BCUT2D eigenvalue weighted by atomic mass is 19.1. The van der Waals surface area contributed by atoms with Crippen LogP contribution in [0.25, 0.3) is 0 Å². The zero-order valence-corrected chi connectivity index (χ0v) is 17.5. The Morgan fingerprint density at radius 1 is 0.935 bits per heavy atom. The molecule has 1 fully saturated rings. The largest absolute Gasteiger partial charge is 0.444 e. The van der Waals surface area contributed by atoms with E-state index in [9.17, 15) is 18.8 Å². The summed E-state index contributed by atoms with van der Waals surface area (Å²) in [5, 5.41) is 10.6. The minimum Gasteiger partial charge on any atom is -0.444 e. The molecule has 0 radical (unpaired) electrons. The molecule has 4 amide bonds. The summed E-state index contributed by atoms with van der Waals surface area (Å²) in [4.78, 5) is 36.4. The maximum atomic E-state index is 13.7. The van der Waals surface area contributed by atoms with Crippen LogP contribution in [0, 0.1) is 5.82 Å². The molecular formula is C22H25FN4O4. The van der Waals surface area contributed by atoms with Crippen LogP contribution in [-0.2, 0) is 4.74 Å². The third-order valence-corrected chi connectivity index (χ3v) is 4.18. The van der Waals surface area contributed by atoms with E-state index in [4.69, 9.17) is 4.74 Å². The molecule has 0 atom stereocenters. The minimum absolute atomic E-state index is 0.0851. The molecule has 1 aliphatic rings. The van der Waals surface area contributed by atoms with Crippen molar-refractivity contribution >= 4 is 35.1 Å². The van der Waals surface area contributed by atoms with Gasteiger partial charge in [-0.25, -0.2) is 14.0 Å². The van der Waals surface area contributed by atoms with Gasteiger partial charge in [0.2, 0.25) is 0 Å². The van der Waals surface area contributed by atoms with Crippen LogP contribution in [0.1, 0.15) is 44.0 Å². The van der Waals surface area contributed by atoms with Gasteiger partial charge in [-0.3, -0.25) is 10.1 Å². The van der Waals surface area contributed by atoms with Crippen LogP contribution in [0.5, 0.6) is 0 Å². The molecule has 8 nitrogen and oxygen atoms in total. The van der Waals surface area contributed by atoms with Gasteiger partial charge in [-0.2, -0.15) is 0 Å². The Morgan fingerprint density at radius 2 is 1.61 bits per heavy atom. The molecule has 164 valence electrons. The van der Waals surface area contributed by atoms with Crippen molar-refractivity contribution in [3.8, 4) is 0 Å². The number of rotatable bonds is 5. The molecular weight excluding hydrogens is 403 g/mol. The number of hydrogen-bond donors (Lipinski definition) is 4. The predicted octanol–water partition coefficient (Wildman–Crippen LogP) is 4.71. The Kier molecular flexibility index (Phi) is 6.43. The molecule has 4 N–H and O–H groups in total. The topological polar surface area (TPSA) is 109 Å². The number of ether oxygens (including phenoxy) is 1. The number of amides is 4. The van der Waals surface area contributed by atoms with Crippen molar-refractivity contribution in [3.63, 3.8) is 0 Å². The third-order valence-electron chi connectivity index (χ3n) is 4.18. The van der Waals surface area contributed by atoms with E-state index in [-0.39, 0.29) is 23.4 Å². The maximum absolute atomic E-state index is 13.7. The number of halogens is 1. The van der Waals surface area contributed by atoms with Crippen LogP contribution >= 0.6 is 0 Å². The Labute approximate surface area is 179 Å². The van der Waals surface area contributed by atoms with E-state index in [0.29, 0.717) is 11.3 Å². The van der Waals surface area contributed by atoms with Gasteiger partial charge in [0, 0.05) is 17.3 Å². The van der Waals surface area contributed by atoms with Gasteiger partial charge in [0.15, 0.2) is 0 Å². The number of hydrogen-bond acceptors (Lipinski definition) is 4. The van der Waals surface area contributed by atoms with Crippen LogP contribution in [0.2, 0.25) is 0 Å². The molecule has 2 aromatic rings. The second-order valence-electron chi connectivity index (χ2n) is 8.22. The number of carbonyl (C=O) groups is 3. The Balaban J connectivity index is 1.65. The fourth-order valence-corrected chi connectivity index (χ4v) is 2.62. The Hall–Kier alpha value is -3.62. The fraction of sp³-hybridized carbons (Fsp3) is 0.318. The third kappa shape index (κ3) is 6.98. The van der Waals surface area contributed by atoms with E-state index in [1.165, 1.54) is 18.2 Å². The fourth-order valence-electron chi connectivity index (χ4n) is 2.62. The predicted molar refractivity (Wildman–Crippen MR) is 116 cm³/mol. The smallest absolute Gasteiger partial charge is 0.412 e. The summed E-state index contributed by atoms with van der Waals surface area (Å²) in [6, 6.07) is 9.78. The molecule has 1 aliphatic carbocycles. The van der Waals surface area contributed by atoms with Crippen LogP contribution in [0.3, 0.4) is 0 Å². The van der Waals surface area contributed by atoms with Crippen LogP contribution in [0.15, 0.2) is 42.5 Å². The van der Waals surface area contributed by atoms with Crippen molar-refractivity contribution in [2.75, 3.05) is 16.0 Å². The average Bonchev–Trinajstić information content (AvgIpc) is 3.47. The van der Waals surface area contributed by atoms with Crippen molar-refractivity contribution in [2.45, 2.75) is 45.3 Å². The first-order valence-corrected chi connectivity index (χ1v) is 9.87. The van der Waals surface area contributed by atoms with Crippen LogP contribution in [0.4, 0.5) is 31.0 Å². The summed E-state index contributed by atoms with van der Waals surface area (Å²) < 4.78 is 18.9. The second kappa shape index (κ2) is 9.03. The first-order valence-electron chi connectivity index (χ1n) is 9.87. The van der Waals surface area contributed by atoms with Gasteiger partial charge < -0.3 is 20.7 Å². The number of benzene rings is 2. The maximum Gasteiger partial charge on any atom is 0.412 e. The van der Waals surface area contributed by atoms with Crippen molar-refractivity contribution < 1.29 is 23.5 Å². The van der Waals surface area contributed by atoms with E-state index in [0.717, 1.165) is 25.0 Å². The average molecular weight is 428 g/mol. The molecule has 31 heavy (non-hydrogen) atoms. The van der Waals surface area contributed by atoms with E-state index in [2.05, 4.69) is 21.3 Å². The highest BCUT2D eigenvalue weighted by molar-refractivity contribution is 6.07. The molecule has 0 aromatic heterocycles. The van der Waals surface area contributed by atoms with Gasteiger partial charge in [0.25, 0.3) is 5.91 Å². The molecule has 1 saturated carbocycles. The van der Waals surface area contributed by atoms with Crippen molar-refractivity contribution in [2.24, 2.45) is 0 Å². The highest BCUT2D eigenvalue weighted by Gasteiger charge is 2.23. The molecule has 0 saturated heterocycles. The summed E-state index contributed by atoms with van der Waals surface area (Å²) >= 11 is 0. The molecule has 0 unspecified atom stereocenters. The summed E-state index contributed by atoms with van der Waals surface area (Å²) in [6.07, 6.45) is 1.24. The lowest BCUT2D eigenvalue weighted by atomic mass is 10.1. The van der Waals surface area contributed by atoms with Crippen molar-refractivity contribution in [3.05, 3.63) is 53.8 Å². The Morgan fingerprint density at radius 3 is 2.23 bits per heavy atom. The molecule has 2 aromatic carbocycles. The molecule has 9 heteroatoms. The Bertz CT molecular complexity index is 982. The van der Waals surface area contributed by atoms with Gasteiger partial charge in [-0.15, -0.1) is 0 Å². The van der Waals surface area contributed by atoms with Gasteiger partial charge in [0.1, 0.15) is 11.4 Å². The van der Waals surface area contributed by atoms with Gasteiger partial charge in [0.05, 0.1) is 11.4 Å². The normalized spacial score (nSPS) is 13.2. The summed E-state index contributed by atoms with van der Waals surface area (Å²) in [5.41, 5.74) is 0.396. The quantitative estimate of drug-likeness (QED) is 0.553.